The Morgan fingerprint density at radius 2 is 2.25 bits per heavy atom. The molecule has 106 valence electrons. The standard InChI is InChI=1S/C15H19N3O2/c1-11-4-5-12(8-13(11)20-3)9-15(19)18(2)10-14-16-6-7-17-14/h4-8H,9-10H2,1-3H3,(H,16,17). The topological polar surface area (TPSA) is 58.2 Å². The number of aromatic nitrogens is 2. The zero-order chi connectivity index (χ0) is 14.5. The highest BCUT2D eigenvalue weighted by Gasteiger charge is 2.12. The van der Waals surface area contributed by atoms with Crippen LogP contribution in [0.4, 0.5) is 0 Å². The maximum Gasteiger partial charge on any atom is 0.227 e. The summed E-state index contributed by atoms with van der Waals surface area (Å²) in [6.45, 7) is 2.46. The number of aryl methyl sites for hydroxylation is 1. The number of carbonyl (C=O) groups is 1. The summed E-state index contributed by atoms with van der Waals surface area (Å²) in [6.07, 6.45) is 3.78. The van der Waals surface area contributed by atoms with Gasteiger partial charge in [-0.3, -0.25) is 4.79 Å². The maximum atomic E-state index is 12.2. The van der Waals surface area contributed by atoms with Gasteiger partial charge in [0.15, 0.2) is 0 Å². The van der Waals surface area contributed by atoms with Crippen molar-refractivity contribution in [3.8, 4) is 5.75 Å². The molecule has 0 radical (unpaired) electrons. The quantitative estimate of drug-likeness (QED) is 0.905. The second-order valence-corrected chi connectivity index (χ2v) is 4.77. The van der Waals surface area contributed by atoms with Crippen LogP contribution in [0.5, 0.6) is 5.75 Å². The van der Waals surface area contributed by atoms with Crippen molar-refractivity contribution in [2.24, 2.45) is 0 Å². The van der Waals surface area contributed by atoms with E-state index in [-0.39, 0.29) is 5.91 Å². The van der Waals surface area contributed by atoms with Crippen LogP contribution in [0.1, 0.15) is 17.0 Å². The predicted molar refractivity (Wildman–Crippen MR) is 76.5 cm³/mol. The number of aromatic amines is 1. The molecule has 0 unspecified atom stereocenters. The lowest BCUT2D eigenvalue weighted by Crippen LogP contribution is -2.28. The number of nitrogens with one attached hydrogen (secondary N) is 1. The Bertz CT molecular complexity index is 579. The Morgan fingerprint density at radius 3 is 2.90 bits per heavy atom. The van der Waals surface area contributed by atoms with Crippen LogP contribution in [0.3, 0.4) is 0 Å². The smallest absolute Gasteiger partial charge is 0.227 e. The summed E-state index contributed by atoms with van der Waals surface area (Å²) in [7, 11) is 3.41. The molecule has 0 saturated carbocycles. The molecule has 0 aliphatic heterocycles. The van der Waals surface area contributed by atoms with Crippen LogP contribution in [0, 0.1) is 6.92 Å². The fourth-order valence-electron chi connectivity index (χ4n) is 1.98. The second kappa shape index (κ2) is 6.23. The van der Waals surface area contributed by atoms with Crippen molar-refractivity contribution in [3.05, 3.63) is 47.5 Å². The molecule has 0 aliphatic rings. The van der Waals surface area contributed by atoms with Crippen LogP contribution in [0.25, 0.3) is 0 Å². The van der Waals surface area contributed by atoms with E-state index in [1.165, 1.54) is 0 Å². The number of H-pyrrole nitrogens is 1. The molecule has 0 atom stereocenters. The molecule has 5 nitrogen and oxygen atoms in total. The van der Waals surface area contributed by atoms with E-state index in [9.17, 15) is 4.79 Å². The maximum absolute atomic E-state index is 12.2. The van der Waals surface area contributed by atoms with Gasteiger partial charge in [-0.2, -0.15) is 0 Å². The molecule has 5 heteroatoms. The van der Waals surface area contributed by atoms with E-state index in [0.717, 1.165) is 22.7 Å². The SMILES string of the molecule is COc1cc(CC(=O)N(C)Cc2ncc[nH]2)ccc1C. The summed E-state index contributed by atoms with van der Waals surface area (Å²) in [6, 6.07) is 5.83. The van der Waals surface area contributed by atoms with Crippen LogP contribution in [-0.4, -0.2) is 34.9 Å². The van der Waals surface area contributed by atoms with Crippen molar-refractivity contribution >= 4 is 5.91 Å². The van der Waals surface area contributed by atoms with Gasteiger partial charge in [-0.05, 0) is 24.1 Å². The van der Waals surface area contributed by atoms with Crippen molar-refractivity contribution in [1.82, 2.24) is 14.9 Å². The fourth-order valence-corrected chi connectivity index (χ4v) is 1.98. The number of amides is 1. The Hall–Kier alpha value is -2.30. The zero-order valence-electron chi connectivity index (χ0n) is 12.0. The van der Waals surface area contributed by atoms with E-state index in [0.29, 0.717) is 13.0 Å². The third-order valence-corrected chi connectivity index (χ3v) is 3.20. The molecule has 0 saturated heterocycles. The summed E-state index contributed by atoms with van der Waals surface area (Å²) in [5, 5.41) is 0. The number of hydrogen-bond acceptors (Lipinski definition) is 3. The van der Waals surface area contributed by atoms with Gasteiger partial charge >= 0.3 is 0 Å². The number of ether oxygens (including phenoxy) is 1. The van der Waals surface area contributed by atoms with Gasteiger partial charge in [0.25, 0.3) is 0 Å². The summed E-state index contributed by atoms with van der Waals surface area (Å²) in [5.41, 5.74) is 2.01. The van der Waals surface area contributed by atoms with Crippen molar-refractivity contribution in [2.75, 3.05) is 14.2 Å². The minimum Gasteiger partial charge on any atom is -0.496 e. The third-order valence-electron chi connectivity index (χ3n) is 3.20. The fraction of sp³-hybridized carbons (Fsp3) is 0.333. The highest BCUT2D eigenvalue weighted by atomic mass is 16.5. The van der Waals surface area contributed by atoms with E-state index in [1.54, 1.807) is 31.5 Å². The molecule has 0 aliphatic carbocycles. The number of benzene rings is 1. The number of nitrogens with zero attached hydrogens (tertiary/aromatic N) is 2. The molecule has 1 heterocycles. The van der Waals surface area contributed by atoms with Crippen LogP contribution >= 0.6 is 0 Å². The van der Waals surface area contributed by atoms with Gasteiger partial charge in [0.2, 0.25) is 5.91 Å². The van der Waals surface area contributed by atoms with Crippen molar-refractivity contribution in [1.29, 1.82) is 0 Å². The molecular formula is C15H19N3O2. The zero-order valence-corrected chi connectivity index (χ0v) is 12.0. The van der Waals surface area contributed by atoms with Crippen molar-refractivity contribution < 1.29 is 9.53 Å². The average molecular weight is 273 g/mol. The number of likely N-dealkylation sites (N-methyl/N-ethyl adjacent to an activating group) is 1. The largest absolute Gasteiger partial charge is 0.496 e. The van der Waals surface area contributed by atoms with Crippen molar-refractivity contribution in [3.63, 3.8) is 0 Å². The molecule has 2 rings (SSSR count). The van der Waals surface area contributed by atoms with Gasteiger partial charge in [-0.25, -0.2) is 4.98 Å². The molecule has 1 aromatic heterocycles. The third kappa shape index (κ3) is 3.38. The molecular weight excluding hydrogens is 254 g/mol. The molecule has 1 amide bonds. The van der Waals surface area contributed by atoms with Gasteiger partial charge in [0.1, 0.15) is 11.6 Å². The van der Waals surface area contributed by atoms with E-state index in [2.05, 4.69) is 9.97 Å². The summed E-state index contributed by atoms with van der Waals surface area (Å²) >= 11 is 0. The van der Waals surface area contributed by atoms with Crippen LogP contribution < -0.4 is 4.74 Å². The van der Waals surface area contributed by atoms with E-state index in [4.69, 9.17) is 4.74 Å². The minimum absolute atomic E-state index is 0.0484. The average Bonchev–Trinajstić information content (AvgIpc) is 2.93. The predicted octanol–water partition coefficient (Wildman–Crippen LogP) is 1.93. The number of rotatable bonds is 5. The van der Waals surface area contributed by atoms with E-state index in [1.807, 2.05) is 25.1 Å². The van der Waals surface area contributed by atoms with Crippen LogP contribution in [0.2, 0.25) is 0 Å². The highest BCUT2D eigenvalue weighted by molar-refractivity contribution is 5.78. The van der Waals surface area contributed by atoms with Gasteiger partial charge in [0, 0.05) is 19.4 Å². The van der Waals surface area contributed by atoms with Gasteiger partial charge in [0.05, 0.1) is 20.1 Å². The lowest BCUT2D eigenvalue weighted by molar-refractivity contribution is -0.129. The van der Waals surface area contributed by atoms with Crippen molar-refractivity contribution in [2.45, 2.75) is 19.9 Å². The van der Waals surface area contributed by atoms with E-state index < -0.39 is 0 Å². The first-order valence-electron chi connectivity index (χ1n) is 6.46. The van der Waals surface area contributed by atoms with Crippen LogP contribution in [0.15, 0.2) is 30.6 Å². The van der Waals surface area contributed by atoms with Gasteiger partial charge in [-0.1, -0.05) is 12.1 Å². The first kappa shape index (κ1) is 14.1. The second-order valence-electron chi connectivity index (χ2n) is 4.77. The number of carbonyl (C=O) groups excluding carboxylic acids is 1. The normalized spacial score (nSPS) is 10.3. The number of imidazole rings is 1. The number of hydrogen-bond donors (Lipinski definition) is 1. The molecule has 0 bridgehead atoms. The molecule has 20 heavy (non-hydrogen) atoms. The molecule has 2 aromatic rings. The molecule has 1 N–H and O–H groups in total. The van der Waals surface area contributed by atoms with Gasteiger partial charge in [-0.15, -0.1) is 0 Å². The monoisotopic (exact) mass is 273 g/mol. The molecule has 0 spiro atoms. The Morgan fingerprint density at radius 1 is 1.45 bits per heavy atom. The first-order chi connectivity index (χ1) is 9.60. The summed E-state index contributed by atoms with van der Waals surface area (Å²) in [4.78, 5) is 20.9. The Kier molecular flexibility index (Phi) is 4.40. The lowest BCUT2D eigenvalue weighted by Gasteiger charge is -2.16. The molecule has 1 aromatic carbocycles. The number of methoxy groups -OCH3 is 1. The first-order valence-corrected chi connectivity index (χ1v) is 6.46. The lowest BCUT2D eigenvalue weighted by atomic mass is 10.1. The highest BCUT2D eigenvalue weighted by Crippen LogP contribution is 2.19. The Labute approximate surface area is 118 Å². The van der Waals surface area contributed by atoms with E-state index >= 15 is 0 Å². The van der Waals surface area contributed by atoms with Crippen LogP contribution in [-0.2, 0) is 17.8 Å². The summed E-state index contributed by atoms with van der Waals surface area (Å²) in [5.74, 6) is 1.64. The summed E-state index contributed by atoms with van der Waals surface area (Å²) < 4.78 is 5.27. The Balaban J connectivity index is 2.00. The minimum atomic E-state index is 0.0484. The van der Waals surface area contributed by atoms with Gasteiger partial charge < -0.3 is 14.6 Å². The molecule has 0 fully saturated rings.